The zero-order valence-electron chi connectivity index (χ0n) is 32.5. The van der Waals surface area contributed by atoms with E-state index in [0.717, 1.165) is 6.33 Å². The average Bonchev–Trinajstić information content (AvgIpc) is 3.80. The molecule has 3 heterocycles. The number of phosphoric ester groups is 1. The first-order chi connectivity index (χ1) is 29.9. The van der Waals surface area contributed by atoms with Crippen LogP contribution in [0.1, 0.15) is 28.6 Å². The molecular formula is C30H40N13O17P3. The fourth-order valence-electron chi connectivity index (χ4n) is 5.34. The van der Waals surface area contributed by atoms with Gasteiger partial charge in [-0.05, 0) is 29.3 Å². The number of fused-ring (bicyclic) bond motifs is 1. The molecule has 2 aromatic heterocycles. The third-order valence-electron chi connectivity index (χ3n) is 7.82. The van der Waals surface area contributed by atoms with Crippen LogP contribution >= 0.6 is 23.5 Å². The third kappa shape index (κ3) is 16.8. The number of nitrogens with zero attached hydrogens (tertiary/aromatic N) is 9. The topological polar surface area (TPSA) is 444 Å². The van der Waals surface area contributed by atoms with Crippen molar-refractivity contribution in [2.75, 3.05) is 65.1 Å². The number of aromatic nitrogens is 3. The maximum absolute atomic E-state index is 12.4. The van der Waals surface area contributed by atoms with Crippen molar-refractivity contribution in [3.8, 4) is 17.6 Å². The zero-order valence-corrected chi connectivity index (χ0v) is 35.1. The molecule has 342 valence electrons. The molecule has 1 fully saturated rings. The van der Waals surface area contributed by atoms with Gasteiger partial charge in [0.2, 0.25) is 5.91 Å². The molecular weight excluding hydrogens is 907 g/mol. The van der Waals surface area contributed by atoms with Gasteiger partial charge in [-0.25, -0.2) is 23.7 Å². The first kappa shape index (κ1) is 50.4. The van der Waals surface area contributed by atoms with Crippen LogP contribution < -0.4 is 26.8 Å². The van der Waals surface area contributed by atoms with E-state index in [0.29, 0.717) is 17.9 Å². The van der Waals surface area contributed by atoms with Gasteiger partial charge in [-0.3, -0.25) is 14.1 Å². The third-order valence-corrected chi connectivity index (χ3v) is 11.6. The molecule has 4 rings (SSSR count). The summed E-state index contributed by atoms with van der Waals surface area (Å²) in [5, 5.41) is 12.3. The number of anilines is 1. The molecule has 0 aliphatic carbocycles. The second kappa shape index (κ2) is 24.0. The first-order valence-corrected chi connectivity index (χ1v) is 22.3. The van der Waals surface area contributed by atoms with Crippen molar-refractivity contribution in [2.24, 2.45) is 16.0 Å². The molecule has 0 radical (unpaired) electrons. The number of hydrogen-bond acceptors (Lipinski definition) is 19. The van der Waals surface area contributed by atoms with Crippen LogP contribution in [0.5, 0.6) is 5.75 Å². The smallest absolute Gasteiger partial charge is 0.490 e. The number of nitrogens with two attached hydrogens (primary N) is 2. The van der Waals surface area contributed by atoms with Gasteiger partial charge >= 0.3 is 23.5 Å². The number of nitrogens with one attached hydrogen (secondary N) is 2. The lowest BCUT2D eigenvalue weighted by molar-refractivity contribution is -0.126. The second-order valence-corrected chi connectivity index (χ2v) is 16.7. The monoisotopic (exact) mass is 947 g/mol. The summed E-state index contributed by atoms with van der Waals surface area (Å²) < 4.78 is 76.7. The summed E-state index contributed by atoms with van der Waals surface area (Å²) in [6.45, 7) is -1.66. The van der Waals surface area contributed by atoms with Crippen LogP contribution in [-0.4, -0.2) is 124 Å². The Bertz CT molecular complexity index is 2380. The van der Waals surface area contributed by atoms with E-state index in [2.05, 4.69) is 61.1 Å². The molecule has 1 aromatic carbocycles. The lowest BCUT2D eigenvalue weighted by atomic mass is 10.2. The van der Waals surface area contributed by atoms with E-state index in [1.807, 2.05) is 0 Å². The van der Waals surface area contributed by atoms with E-state index in [-0.39, 0.29) is 74.3 Å². The predicted octanol–water partition coefficient (Wildman–Crippen LogP) is 1.20. The maximum atomic E-state index is 12.4. The quantitative estimate of drug-likeness (QED) is 0.0148. The highest BCUT2D eigenvalue weighted by molar-refractivity contribution is 7.66. The molecule has 63 heavy (non-hydrogen) atoms. The van der Waals surface area contributed by atoms with Gasteiger partial charge in [-0.1, -0.05) is 28.1 Å². The van der Waals surface area contributed by atoms with E-state index >= 15 is 0 Å². The standard InChI is InChI=1S/C30H40N13O17P3/c31-6-8-36-30(45)19-3-1-5-21(11-19)55-16-25(40-42-34)54-10-9-53-15-24(44)35-7-2-4-20-13-43(29-27(20)28(32)37-17-38-29)26-12-22(56-18-39-41-33)23(58-26)14-57-62(49,50)60-63(51,52)59-61(46,47)48/h1,3,5,11,13,17,22-23,25-26H,6-10,12,14-16,18,31H2,(H,35,44)(H,36,45)(H,49,50)(H,51,52)(H2,32,37,38)(H2,46,47,48). The van der Waals surface area contributed by atoms with Crippen LogP contribution in [0, 0.1) is 11.8 Å². The highest BCUT2D eigenvalue weighted by atomic mass is 31.3. The number of phosphoric acid groups is 3. The Balaban J connectivity index is 1.30. The molecule has 2 amide bonds. The van der Waals surface area contributed by atoms with Crippen molar-refractivity contribution in [2.45, 2.75) is 31.1 Å². The molecule has 0 bridgehead atoms. The minimum Gasteiger partial charge on any atom is -0.491 e. The summed E-state index contributed by atoms with van der Waals surface area (Å²) in [5.74, 6) is 5.11. The number of rotatable bonds is 25. The number of hydrogen-bond donors (Lipinski definition) is 8. The summed E-state index contributed by atoms with van der Waals surface area (Å²) in [5.41, 5.74) is 30.0. The average molecular weight is 948 g/mol. The second-order valence-electron chi connectivity index (χ2n) is 12.3. The Morgan fingerprint density at radius 2 is 1.89 bits per heavy atom. The van der Waals surface area contributed by atoms with E-state index in [1.54, 1.807) is 18.2 Å². The molecule has 6 atom stereocenters. The van der Waals surface area contributed by atoms with Crippen molar-refractivity contribution in [1.82, 2.24) is 25.2 Å². The van der Waals surface area contributed by atoms with E-state index in [1.165, 1.54) is 16.8 Å². The summed E-state index contributed by atoms with van der Waals surface area (Å²) in [6, 6.07) is 6.31. The van der Waals surface area contributed by atoms with Gasteiger partial charge in [0.15, 0.2) is 6.23 Å². The lowest BCUT2D eigenvalue weighted by Crippen LogP contribution is -2.29. The van der Waals surface area contributed by atoms with Crippen molar-refractivity contribution >= 4 is 52.1 Å². The fraction of sp³-hybridized carbons (Fsp3) is 0.467. The Kier molecular flexibility index (Phi) is 19.2. The number of azide groups is 2. The highest BCUT2D eigenvalue weighted by Crippen LogP contribution is 2.66. The Morgan fingerprint density at radius 3 is 2.62 bits per heavy atom. The number of benzene rings is 1. The van der Waals surface area contributed by atoms with Crippen LogP contribution in [0.4, 0.5) is 5.82 Å². The molecule has 0 saturated carbocycles. The normalized spacial score (nSPS) is 18.4. The van der Waals surface area contributed by atoms with Crippen LogP contribution in [0.3, 0.4) is 0 Å². The van der Waals surface area contributed by atoms with Crippen molar-refractivity contribution in [3.63, 3.8) is 0 Å². The highest BCUT2D eigenvalue weighted by Gasteiger charge is 2.43. The number of ether oxygens (including phenoxy) is 5. The van der Waals surface area contributed by atoms with Crippen LogP contribution in [-0.2, 0) is 50.6 Å². The predicted molar refractivity (Wildman–Crippen MR) is 212 cm³/mol. The van der Waals surface area contributed by atoms with E-state index in [4.69, 9.17) is 60.5 Å². The Morgan fingerprint density at radius 1 is 1.10 bits per heavy atom. The summed E-state index contributed by atoms with van der Waals surface area (Å²) in [7, 11) is -17.0. The minimum atomic E-state index is -5.80. The summed E-state index contributed by atoms with van der Waals surface area (Å²) in [6.07, 6.45) is -1.72. The summed E-state index contributed by atoms with van der Waals surface area (Å²) in [4.78, 5) is 75.1. The SMILES string of the molecule is [N-]=[N+]=NCOC1CC(n2cc(C#CCNC(=O)COCCOC(COc3cccc(C(=O)NCCN)c3)N=[N+]=[N-])c3c(N)ncnc32)OC1COP(=O)(O)OP(=O)(O)OP(=O)(O)O. The van der Waals surface area contributed by atoms with Gasteiger partial charge in [0, 0.05) is 41.1 Å². The van der Waals surface area contributed by atoms with Crippen LogP contribution in [0.15, 0.2) is 47.0 Å². The molecule has 1 saturated heterocycles. The first-order valence-electron chi connectivity index (χ1n) is 17.8. The minimum absolute atomic E-state index is 0.0210. The molecule has 30 nitrogen and oxygen atoms in total. The maximum Gasteiger partial charge on any atom is 0.490 e. The molecule has 6 unspecified atom stereocenters. The number of carbonyl (C=O) groups is 2. The van der Waals surface area contributed by atoms with Gasteiger partial charge in [0.1, 0.15) is 55.8 Å². The molecule has 3 aromatic rings. The number of nitrogen functional groups attached to an aromatic ring is 1. The lowest BCUT2D eigenvalue weighted by Gasteiger charge is -2.21. The molecule has 33 heteroatoms. The number of carbonyl (C=O) groups excluding carboxylic acids is 2. The van der Waals surface area contributed by atoms with Crippen LogP contribution in [0.2, 0.25) is 0 Å². The summed E-state index contributed by atoms with van der Waals surface area (Å²) >= 11 is 0. The molecule has 0 spiro atoms. The van der Waals surface area contributed by atoms with Gasteiger partial charge < -0.3 is 69.9 Å². The van der Waals surface area contributed by atoms with Crippen LogP contribution in [0.25, 0.3) is 31.9 Å². The van der Waals surface area contributed by atoms with Gasteiger partial charge in [-0.2, -0.15) is 8.62 Å². The van der Waals surface area contributed by atoms with Gasteiger partial charge in [0.05, 0.1) is 43.4 Å². The van der Waals surface area contributed by atoms with Crippen molar-refractivity contribution in [1.29, 1.82) is 0 Å². The fourth-order valence-corrected chi connectivity index (χ4v) is 8.37. The molecule has 1 aliphatic heterocycles. The number of amides is 2. The zero-order chi connectivity index (χ0) is 46.0. The van der Waals surface area contributed by atoms with E-state index < -0.39 is 67.4 Å². The Labute approximate surface area is 355 Å². The van der Waals surface area contributed by atoms with Crippen molar-refractivity contribution in [3.05, 3.63) is 68.8 Å². The van der Waals surface area contributed by atoms with Crippen molar-refractivity contribution < 1.29 is 79.7 Å². The van der Waals surface area contributed by atoms with Gasteiger partial charge in [0.25, 0.3) is 5.91 Å². The largest absolute Gasteiger partial charge is 0.491 e. The van der Waals surface area contributed by atoms with E-state index in [9.17, 15) is 33.1 Å². The van der Waals surface area contributed by atoms with Gasteiger partial charge in [-0.15, -0.1) is 0 Å². The Hall–Kier alpha value is -5.23. The molecule has 10 N–H and O–H groups in total. The molecule has 1 aliphatic rings.